The normalized spacial score (nSPS) is 10.6. The van der Waals surface area contributed by atoms with Gasteiger partial charge in [0.15, 0.2) is 0 Å². The summed E-state index contributed by atoms with van der Waals surface area (Å²) in [6.45, 7) is 0. The summed E-state index contributed by atoms with van der Waals surface area (Å²) < 4.78 is 31.7. The van der Waals surface area contributed by atoms with Crippen molar-refractivity contribution in [1.82, 2.24) is 0 Å². The van der Waals surface area contributed by atoms with E-state index in [1.807, 2.05) is 0 Å². The van der Waals surface area contributed by atoms with Crippen molar-refractivity contribution in [2.24, 2.45) is 0 Å². The third-order valence-electron chi connectivity index (χ3n) is 1.50. The van der Waals surface area contributed by atoms with Crippen LogP contribution in [0.25, 0.3) is 0 Å². The molecule has 0 saturated heterocycles. The molecule has 1 aromatic carbocycles. The summed E-state index contributed by atoms with van der Waals surface area (Å²) in [4.78, 5) is 8.43. The number of aromatic hydroxyl groups is 1. The second-order valence-corrected chi connectivity index (χ2v) is 4.27. The molecule has 0 heterocycles. The van der Waals surface area contributed by atoms with Crippen LogP contribution >= 0.6 is 11.6 Å². The molecule has 1 rings (SSSR count). The van der Waals surface area contributed by atoms with Crippen molar-refractivity contribution in [2.75, 3.05) is 0 Å². The minimum atomic E-state index is -4.85. The molecule has 0 amide bonds. The summed E-state index contributed by atoms with van der Waals surface area (Å²) >= 11 is 5.31. The van der Waals surface area contributed by atoms with Crippen molar-refractivity contribution in [3.63, 3.8) is 0 Å². The molecule has 0 fully saturated rings. The van der Waals surface area contributed by atoms with E-state index in [4.69, 9.17) is 16.7 Å². The number of rotatable bonds is 2. The molecule has 0 spiro atoms. The SMILES string of the molecule is O=[N+]([O-])c1cc(S(=O)(=O)[O-])cc(Cl)c1O.[Na+]. The Hall–Kier alpha value is -0.380. The van der Waals surface area contributed by atoms with Gasteiger partial charge >= 0.3 is 35.2 Å². The minimum Gasteiger partial charge on any atom is -0.744 e. The van der Waals surface area contributed by atoms with Crippen LogP contribution in [0.4, 0.5) is 5.69 Å². The topological polar surface area (TPSA) is 121 Å². The summed E-state index contributed by atoms with van der Waals surface area (Å²) in [5.41, 5.74) is -0.933. The first-order valence-electron chi connectivity index (χ1n) is 3.36. The van der Waals surface area contributed by atoms with Gasteiger partial charge in [0.05, 0.1) is 14.8 Å². The Morgan fingerprint density at radius 3 is 2.25 bits per heavy atom. The Morgan fingerprint density at radius 1 is 1.38 bits per heavy atom. The Morgan fingerprint density at radius 2 is 1.88 bits per heavy atom. The van der Waals surface area contributed by atoms with Crippen LogP contribution in [-0.2, 0) is 10.1 Å². The van der Waals surface area contributed by atoms with E-state index in [1.165, 1.54) is 0 Å². The van der Waals surface area contributed by atoms with Gasteiger partial charge in [-0.3, -0.25) is 10.1 Å². The molecule has 10 heteroatoms. The maximum atomic E-state index is 10.6. The predicted octanol–water partition coefficient (Wildman–Crippen LogP) is -2.14. The van der Waals surface area contributed by atoms with E-state index in [-0.39, 0.29) is 29.6 Å². The molecule has 0 aliphatic rings. The summed E-state index contributed by atoms with van der Waals surface area (Å²) in [6, 6.07) is 1.09. The molecule has 0 unspecified atom stereocenters. The summed E-state index contributed by atoms with van der Waals surface area (Å²) in [5, 5.41) is 18.9. The van der Waals surface area contributed by atoms with Gasteiger partial charge in [-0.15, -0.1) is 0 Å². The number of halogens is 1. The van der Waals surface area contributed by atoms with Crippen LogP contribution in [0.15, 0.2) is 17.0 Å². The minimum absolute atomic E-state index is 0. The van der Waals surface area contributed by atoms with Crippen LogP contribution in [0.1, 0.15) is 0 Å². The van der Waals surface area contributed by atoms with E-state index in [9.17, 15) is 23.1 Å². The maximum absolute atomic E-state index is 10.6. The third kappa shape index (κ3) is 3.30. The van der Waals surface area contributed by atoms with Crippen LogP contribution in [0.5, 0.6) is 5.75 Å². The quantitative estimate of drug-likeness (QED) is 0.285. The van der Waals surface area contributed by atoms with Crippen LogP contribution in [0, 0.1) is 10.1 Å². The van der Waals surface area contributed by atoms with Gasteiger partial charge in [-0.25, -0.2) is 8.42 Å². The Balaban J connectivity index is 0.00000225. The second kappa shape index (κ2) is 5.30. The van der Waals surface area contributed by atoms with Gasteiger partial charge < -0.3 is 9.66 Å². The Labute approximate surface area is 117 Å². The number of nitro groups is 1. The second-order valence-electron chi connectivity index (χ2n) is 2.48. The Bertz CT molecular complexity index is 530. The fourth-order valence-electron chi connectivity index (χ4n) is 0.844. The van der Waals surface area contributed by atoms with E-state index in [1.54, 1.807) is 0 Å². The molecule has 1 aromatic rings. The molecule has 0 aliphatic carbocycles. The summed E-state index contributed by atoms with van der Waals surface area (Å²) in [6.07, 6.45) is 0. The monoisotopic (exact) mass is 275 g/mol. The molecular weight excluding hydrogens is 273 g/mol. The maximum Gasteiger partial charge on any atom is 1.00 e. The van der Waals surface area contributed by atoms with Gasteiger partial charge in [-0.1, -0.05) is 11.6 Å². The van der Waals surface area contributed by atoms with Gasteiger partial charge in [0.25, 0.3) is 0 Å². The van der Waals surface area contributed by atoms with E-state index < -0.39 is 36.4 Å². The van der Waals surface area contributed by atoms with Gasteiger partial charge in [0, 0.05) is 6.07 Å². The zero-order valence-corrected chi connectivity index (χ0v) is 11.4. The van der Waals surface area contributed by atoms with Gasteiger partial charge in [0.2, 0.25) is 5.75 Å². The van der Waals surface area contributed by atoms with Crippen LogP contribution in [0.3, 0.4) is 0 Å². The standard InChI is InChI=1S/C6H4ClNO6S.Na/c7-4-1-3(15(12,13)14)2-5(6(4)9)8(10)11;/h1-2,9H,(H,12,13,14);/q;+1/p-1. The molecule has 16 heavy (non-hydrogen) atoms. The van der Waals surface area contributed by atoms with E-state index in [2.05, 4.69) is 0 Å². The molecule has 0 atom stereocenters. The van der Waals surface area contributed by atoms with Gasteiger partial charge in [0.1, 0.15) is 10.1 Å². The number of nitro benzene ring substituents is 1. The molecule has 1 N–H and O–H groups in total. The molecule has 0 bridgehead atoms. The van der Waals surface area contributed by atoms with E-state index in [0.717, 1.165) is 0 Å². The fraction of sp³-hybridized carbons (Fsp3) is 0. The number of nitrogens with zero attached hydrogens (tertiary/aromatic N) is 1. The largest absolute Gasteiger partial charge is 1.00 e. The van der Waals surface area contributed by atoms with Crippen molar-refractivity contribution in [2.45, 2.75) is 4.90 Å². The van der Waals surface area contributed by atoms with Crippen molar-refractivity contribution in [3.05, 3.63) is 27.3 Å². The fourth-order valence-corrected chi connectivity index (χ4v) is 1.64. The third-order valence-corrected chi connectivity index (χ3v) is 2.60. The molecule has 7 nitrogen and oxygen atoms in total. The first kappa shape index (κ1) is 15.6. The smallest absolute Gasteiger partial charge is 0.744 e. The van der Waals surface area contributed by atoms with Crippen molar-refractivity contribution >= 4 is 27.4 Å². The molecule has 0 radical (unpaired) electrons. The van der Waals surface area contributed by atoms with Crippen molar-refractivity contribution in [1.29, 1.82) is 0 Å². The Kier molecular flexibility index (Phi) is 5.17. The van der Waals surface area contributed by atoms with Gasteiger partial charge in [-0.05, 0) is 6.07 Å². The number of hydrogen-bond donors (Lipinski definition) is 1. The predicted molar refractivity (Wildman–Crippen MR) is 47.7 cm³/mol. The molecule has 0 aromatic heterocycles. The number of phenolic OH excluding ortho intramolecular Hbond substituents is 1. The molecule has 0 aliphatic heterocycles. The number of hydrogen-bond acceptors (Lipinski definition) is 6. The van der Waals surface area contributed by atoms with Crippen molar-refractivity contribution < 1.29 is 52.6 Å². The molecular formula is C6H3ClNNaO6S. The summed E-state index contributed by atoms with van der Waals surface area (Å²) in [5.74, 6) is -0.880. The first-order valence-corrected chi connectivity index (χ1v) is 5.15. The molecule has 82 valence electrons. The number of phenols is 1. The van der Waals surface area contributed by atoms with E-state index in [0.29, 0.717) is 12.1 Å². The van der Waals surface area contributed by atoms with Crippen molar-refractivity contribution in [3.8, 4) is 5.75 Å². The van der Waals surface area contributed by atoms with E-state index >= 15 is 0 Å². The average Bonchev–Trinajstić information content (AvgIpc) is 2.06. The van der Waals surface area contributed by atoms with Crippen LogP contribution in [0.2, 0.25) is 5.02 Å². The van der Waals surface area contributed by atoms with Gasteiger partial charge in [-0.2, -0.15) is 0 Å². The number of benzene rings is 1. The molecule has 0 saturated carbocycles. The first-order chi connectivity index (χ1) is 6.73. The zero-order valence-electron chi connectivity index (χ0n) is 7.88. The summed E-state index contributed by atoms with van der Waals surface area (Å²) in [7, 11) is -4.85. The zero-order chi connectivity index (χ0) is 11.8. The van der Waals surface area contributed by atoms with Crippen LogP contribution < -0.4 is 29.6 Å². The van der Waals surface area contributed by atoms with Crippen LogP contribution in [-0.4, -0.2) is 23.0 Å². The average molecular weight is 276 g/mol.